The third kappa shape index (κ3) is 4.65. The fourth-order valence-electron chi connectivity index (χ4n) is 2.05. The van der Waals surface area contributed by atoms with E-state index in [0.29, 0.717) is 17.9 Å². The Kier molecular flexibility index (Phi) is 5.87. The predicted molar refractivity (Wildman–Crippen MR) is 89.2 cm³/mol. The molecule has 0 saturated carbocycles. The van der Waals surface area contributed by atoms with Gasteiger partial charge < -0.3 is 9.84 Å². The summed E-state index contributed by atoms with van der Waals surface area (Å²) in [7, 11) is 0. The number of ether oxygens (including phenoxy) is 1. The van der Waals surface area contributed by atoms with Crippen LogP contribution >= 0.6 is 0 Å². The molecule has 0 radical (unpaired) electrons. The SMILES string of the molecule is CCOc1ccc(/C=N\Nc2nc(C)c(CCO)c(=O)[nH]2)cc1. The molecule has 7 nitrogen and oxygen atoms in total. The normalized spacial score (nSPS) is 10.9. The van der Waals surface area contributed by atoms with Gasteiger partial charge >= 0.3 is 0 Å². The van der Waals surface area contributed by atoms with E-state index in [1.165, 1.54) is 0 Å². The Bertz CT molecular complexity index is 723. The van der Waals surface area contributed by atoms with E-state index in [1.54, 1.807) is 13.1 Å². The Morgan fingerprint density at radius 1 is 1.39 bits per heavy atom. The maximum atomic E-state index is 11.9. The van der Waals surface area contributed by atoms with Gasteiger partial charge in [-0.25, -0.2) is 10.4 Å². The topological polar surface area (TPSA) is 99.6 Å². The molecule has 0 unspecified atom stereocenters. The van der Waals surface area contributed by atoms with Crippen molar-refractivity contribution in [2.24, 2.45) is 5.10 Å². The van der Waals surface area contributed by atoms with E-state index >= 15 is 0 Å². The van der Waals surface area contributed by atoms with Crippen LogP contribution in [0.3, 0.4) is 0 Å². The van der Waals surface area contributed by atoms with Crippen LogP contribution in [0, 0.1) is 6.92 Å². The number of rotatable bonds is 7. The summed E-state index contributed by atoms with van der Waals surface area (Å²) in [6, 6.07) is 7.47. The van der Waals surface area contributed by atoms with Crippen molar-refractivity contribution in [1.82, 2.24) is 9.97 Å². The highest BCUT2D eigenvalue weighted by Crippen LogP contribution is 2.10. The molecule has 0 aliphatic rings. The maximum Gasteiger partial charge on any atom is 0.255 e. The van der Waals surface area contributed by atoms with Gasteiger partial charge in [0.25, 0.3) is 5.56 Å². The van der Waals surface area contributed by atoms with Crippen LogP contribution in [0.15, 0.2) is 34.2 Å². The average molecular weight is 316 g/mol. The molecule has 0 saturated heterocycles. The van der Waals surface area contributed by atoms with E-state index in [-0.39, 0.29) is 24.5 Å². The van der Waals surface area contributed by atoms with Crippen molar-refractivity contribution < 1.29 is 9.84 Å². The molecule has 3 N–H and O–H groups in total. The van der Waals surface area contributed by atoms with Gasteiger partial charge in [0.1, 0.15) is 5.75 Å². The number of nitrogens with one attached hydrogen (secondary N) is 2. The Morgan fingerprint density at radius 3 is 2.74 bits per heavy atom. The second-order valence-electron chi connectivity index (χ2n) is 4.82. The van der Waals surface area contributed by atoms with E-state index in [2.05, 4.69) is 20.5 Å². The number of benzene rings is 1. The van der Waals surface area contributed by atoms with E-state index in [1.807, 2.05) is 31.2 Å². The molecule has 0 fully saturated rings. The van der Waals surface area contributed by atoms with Crippen molar-refractivity contribution >= 4 is 12.2 Å². The summed E-state index contributed by atoms with van der Waals surface area (Å²) >= 11 is 0. The van der Waals surface area contributed by atoms with Crippen LogP contribution < -0.4 is 15.7 Å². The lowest BCUT2D eigenvalue weighted by Crippen LogP contribution is -2.19. The van der Waals surface area contributed by atoms with Gasteiger partial charge in [-0.1, -0.05) is 0 Å². The number of aliphatic hydroxyl groups is 1. The van der Waals surface area contributed by atoms with Crippen molar-refractivity contribution in [2.75, 3.05) is 18.6 Å². The molecule has 0 spiro atoms. The highest BCUT2D eigenvalue weighted by atomic mass is 16.5. The third-order valence-electron chi connectivity index (χ3n) is 3.16. The molecule has 0 aliphatic heterocycles. The van der Waals surface area contributed by atoms with Crippen LogP contribution in [0.4, 0.5) is 5.95 Å². The zero-order valence-corrected chi connectivity index (χ0v) is 13.2. The number of hydrogen-bond acceptors (Lipinski definition) is 6. The molecule has 0 bridgehead atoms. The lowest BCUT2D eigenvalue weighted by molar-refractivity contribution is 0.298. The number of nitrogens with zero attached hydrogens (tertiary/aromatic N) is 2. The Morgan fingerprint density at radius 2 is 2.13 bits per heavy atom. The van der Waals surface area contributed by atoms with E-state index in [4.69, 9.17) is 9.84 Å². The van der Waals surface area contributed by atoms with Gasteiger partial charge in [-0.3, -0.25) is 9.78 Å². The average Bonchev–Trinajstić information content (AvgIpc) is 2.53. The number of hydrazone groups is 1. The van der Waals surface area contributed by atoms with Crippen LogP contribution in [0.5, 0.6) is 5.75 Å². The van der Waals surface area contributed by atoms with Crippen LogP contribution in [0.25, 0.3) is 0 Å². The molecular weight excluding hydrogens is 296 g/mol. The molecule has 2 rings (SSSR count). The highest BCUT2D eigenvalue weighted by Gasteiger charge is 2.06. The molecule has 1 aromatic carbocycles. The minimum Gasteiger partial charge on any atom is -0.494 e. The zero-order chi connectivity index (χ0) is 16.7. The molecule has 0 amide bonds. The lowest BCUT2D eigenvalue weighted by atomic mass is 10.2. The van der Waals surface area contributed by atoms with Gasteiger partial charge in [0.15, 0.2) is 0 Å². The van der Waals surface area contributed by atoms with Crippen molar-refractivity contribution in [3.05, 3.63) is 51.4 Å². The first-order valence-corrected chi connectivity index (χ1v) is 7.36. The van der Waals surface area contributed by atoms with Gasteiger partial charge in [0.05, 0.1) is 18.5 Å². The zero-order valence-electron chi connectivity index (χ0n) is 13.2. The highest BCUT2D eigenvalue weighted by molar-refractivity contribution is 5.80. The Hall–Kier alpha value is -2.67. The van der Waals surface area contributed by atoms with E-state index in [0.717, 1.165) is 11.3 Å². The van der Waals surface area contributed by atoms with Crippen molar-refractivity contribution in [1.29, 1.82) is 0 Å². The molecular formula is C16H20N4O3. The number of H-pyrrole nitrogens is 1. The lowest BCUT2D eigenvalue weighted by Gasteiger charge is -2.05. The van der Waals surface area contributed by atoms with Gasteiger partial charge in [-0.2, -0.15) is 5.10 Å². The predicted octanol–water partition coefficient (Wildman–Crippen LogP) is 1.46. The fourth-order valence-corrected chi connectivity index (χ4v) is 2.05. The van der Waals surface area contributed by atoms with Gasteiger partial charge in [0.2, 0.25) is 5.95 Å². The number of aryl methyl sites for hydroxylation is 1. The first-order chi connectivity index (χ1) is 11.1. The van der Waals surface area contributed by atoms with E-state index < -0.39 is 0 Å². The standard InChI is InChI=1S/C16H20N4O3/c1-3-23-13-6-4-12(5-7-13)10-17-20-16-18-11(2)14(8-9-21)15(22)19-16/h4-7,10,21H,3,8-9H2,1-2H3,(H2,18,19,20,22)/b17-10-. The molecule has 0 atom stereocenters. The summed E-state index contributed by atoms with van der Waals surface area (Å²) in [6.45, 7) is 4.19. The number of aliphatic hydroxyl groups excluding tert-OH is 1. The van der Waals surface area contributed by atoms with Crippen LogP contribution in [-0.4, -0.2) is 34.5 Å². The molecule has 7 heteroatoms. The summed E-state index contributed by atoms with van der Waals surface area (Å²) in [4.78, 5) is 18.7. The number of hydrogen-bond donors (Lipinski definition) is 3. The number of aromatic amines is 1. The molecule has 1 aromatic heterocycles. The van der Waals surface area contributed by atoms with Gasteiger partial charge in [-0.05, 0) is 43.7 Å². The molecule has 2 aromatic rings. The smallest absolute Gasteiger partial charge is 0.255 e. The first kappa shape index (κ1) is 16.7. The minimum absolute atomic E-state index is 0.0890. The molecule has 1 heterocycles. The summed E-state index contributed by atoms with van der Waals surface area (Å²) in [5.41, 5.74) is 4.36. The Labute approximate surface area is 134 Å². The van der Waals surface area contributed by atoms with Gasteiger partial charge in [0, 0.05) is 18.6 Å². The summed E-state index contributed by atoms with van der Waals surface area (Å²) in [5, 5.41) is 13.0. The summed E-state index contributed by atoms with van der Waals surface area (Å²) in [5.74, 6) is 1.06. The quantitative estimate of drug-likeness (QED) is 0.530. The largest absolute Gasteiger partial charge is 0.494 e. The first-order valence-electron chi connectivity index (χ1n) is 7.36. The monoisotopic (exact) mass is 316 g/mol. The molecule has 23 heavy (non-hydrogen) atoms. The summed E-state index contributed by atoms with van der Waals surface area (Å²) < 4.78 is 5.36. The number of aromatic nitrogens is 2. The molecule has 122 valence electrons. The minimum atomic E-state index is -0.273. The second kappa shape index (κ2) is 8.09. The Balaban J connectivity index is 2.04. The van der Waals surface area contributed by atoms with Crippen molar-refractivity contribution in [3.8, 4) is 5.75 Å². The van der Waals surface area contributed by atoms with Crippen LogP contribution in [-0.2, 0) is 6.42 Å². The van der Waals surface area contributed by atoms with Crippen LogP contribution in [0.1, 0.15) is 23.7 Å². The van der Waals surface area contributed by atoms with E-state index in [9.17, 15) is 4.79 Å². The maximum absolute atomic E-state index is 11.9. The summed E-state index contributed by atoms with van der Waals surface area (Å²) in [6.07, 6.45) is 1.90. The third-order valence-corrected chi connectivity index (χ3v) is 3.16. The van der Waals surface area contributed by atoms with Crippen LogP contribution in [0.2, 0.25) is 0 Å². The van der Waals surface area contributed by atoms with Crippen molar-refractivity contribution in [2.45, 2.75) is 20.3 Å². The van der Waals surface area contributed by atoms with Crippen molar-refractivity contribution in [3.63, 3.8) is 0 Å². The second-order valence-corrected chi connectivity index (χ2v) is 4.82. The number of anilines is 1. The van der Waals surface area contributed by atoms with Gasteiger partial charge in [-0.15, -0.1) is 0 Å². The molecule has 0 aliphatic carbocycles. The fraction of sp³-hybridized carbons (Fsp3) is 0.312.